The van der Waals surface area contributed by atoms with Crippen LogP contribution in [0.15, 0.2) is 30.3 Å². The zero-order chi connectivity index (χ0) is 26.2. The monoisotopic (exact) mass is 498 g/mol. The number of nitrogens with one attached hydrogen (secondary N) is 1. The summed E-state index contributed by atoms with van der Waals surface area (Å²) in [5.74, 6) is -0.258. The molecular weight excluding hydrogens is 460 g/mol. The molecule has 1 aliphatic carbocycles. The van der Waals surface area contributed by atoms with Crippen molar-refractivity contribution in [2.24, 2.45) is 11.8 Å². The van der Waals surface area contributed by atoms with Crippen LogP contribution in [0.4, 0.5) is 5.69 Å². The molecule has 1 aliphatic heterocycles. The van der Waals surface area contributed by atoms with Gasteiger partial charge in [-0.2, -0.15) is 0 Å². The fourth-order valence-corrected chi connectivity index (χ4v) is 5.03. The Kier molecular flexibility index (Phi) is 9.61. The van der Waals surface area contributed by atoms with E-state index in [4.69, 9.17) is 0 Å². The van der Waals surface area contributed by atoms with Crippen molar-refractivity contribution in [3.63, 3.8) is 0 Å². The minimum absolute atomic E-state index is 0.0196. The SMILES string of the molecule is CC[C@H](C)[C@H](NC(=O)/C=C/c1ccc([N+](=O)[O-])cc1)C(=O)N1CCN(C(=O)C2CCCCC2)[C@@H](C)C1. The summed E-state index contributed by atoms with van der Waals surface area (Å²) in [6.45, 7) is 7.34. The Labute approximate surface area is 213 Å². The number of carbonyl (C=O) groups is 3. The fraction of sp³-hybridized carbons (Fsp3) is 0.593. The van der Waals surface area contributed by atoms with Crippen LogP contribution in [0.2, 0.25) is 0 Å². The molecule has 9 heteroatoms. The molecule has 1 aromatic carbocycles. The number of benzene rings is 1. The zero-order valence-corrected chi connectivity index (χ0v) is 21.5. The Morgan fingerprint density at radius 1 is 1.14 bits per heavy atom. The zero-order valence-electron chi connectivity index (χ0n) is 21.5. The Morgan fingerprint density at radius 3 is 2.39 bits per heavy atom. The Morgan fingerprint density at radius 2 is 1.81 bits per heavy atom. The summed E-state index contributed by atoms with van der Waals surface area (Å²) in [5, 5.41) is 13.7. The van der Waals surface area contributed by atoms with Gasteiger partial charge in [0, 0.05) is 49.8 Å². The first kappa shape index (κ1) is 27.4. The number of carbonyl (C=O) groups excluding carboxylic acids is 3. The number of non-ortho nitro benzene ring substituents is 1. The van der Waals surface area contributed by atoms with Crippen LogP contribution in [-0.4, -0.2) is 64.2 Å². The van der Waals surface area contributed by atoms with E-state index in [2.05, 4.69) is 5.32 Å². The molecule has 3 amide bonds. The van der Waals surface area contributed by atoms with Crippen molar-refractivity contribution in [3.05, 3.63) is 46.0 Å². The van der Waals surface area contributed by atoms with Crippen molar-refractivity contribution in [1.29, 1.82) is 0 Å². The molecule has 3 rings (SSSR count). The molecule has 1 aromatic rings. The number of rotatable bonds is 8. The molecule has 0 aromatic heterocycles. The van der Waals surface area contributed by atoms with Crippen LogP contribution >= 0.6 is 0 Å². The van der Waals surface area contributed by atoms with Gasteiger partial charge in [-0.05, 0) is 49.5 Å². The van der Waals surface area contributed by atoms with Gasteiger partial charge in [0.05, 0.1) is 4.92 Å². The minimum Gasteiger partial charge on any atom is -0.340 e. The highest BCUT2D eigenvalue weighted by Gasteiger charge is 2.36. The fourth-order valence-electron chi connectivity index (χ4n) is 5.03. The number of nitro benzene ring substituents is 1. The second-order valence-corrected chi connectivity index (χ2v) is 10.1. The van der Waals surface area contributed by atoms with Gasteiger partial charge in [-0.3, -0.25) is 24.5 Å². The van der Waals surface area contributed by atoms with E-state index >= 15 is 0 Å². The highest BCUT2D eigenvalue weighted by atomic mass is 16.6. The molecule has 0 unspecified atom stereocenters. The van der Waals surface area contributed by atoms with Crippen LogP contribution in [0.3, 0.4) is 0 Å². The van der Waals surface area contributed by atoms with E-state index in [1.54, 1.807) is 23.1 Å². The van der Waals surface area contributed by atoms with Gasteiger partial charge in [0.25, 0.3) is 5.69 Å². The molecule has 0 spiro atoms. The van der Waals surface area contributed by atoms with Crippen LogP contribution in [0, 0.1) is 22.0 Å². The maximum absolute atomic E-state index is 13.5. The molecule has 1 N–H and O–H groups in total. The molecule has 2 aliphatic rings. The molecule has 196 valence electrons. The van der Waals surface area contributed by atoms with E-state index in [1.165, 1.54) is 24.6 Å². The quantitative estimate of drug-likeness (QED) is 0.333. The van der Waals surface area contributed by atoms with Gasteiger partial charge in [-0.1, -0.05) is 39.5 Å². The number of nitro groups is 1. The molecule has 36 heavy (non-hydrogen) atoms. The smallest absolute Gasteiger partial charge is 0.269 e. The topological polar surface area (TPSA) is 113 Å². The van der Waals surface area contributed by atoms with Crippen LogP contribution in [0.25, 0.3) is 6.08 Å². The third-order valence-corrected chi connectivity index (χ3v) is 7.48. The van der Waals surface area contributed by atoms with Crippen molar-refractivity contribution < 1.29 is 19.3 Å². The summed E-state index contributed by atoms with van der Waals surface area (Å²) in [7, 11) is 0. The lowest BCUT2D eigenvalue weighted by Gasteiger charge is -2.43. The molecule has 1 saturated heterocycles. The highest BCUT2D eigenvalue weighted by Crippen LogP contribution is 2.27. The minimum atomic E-state index is -0.670. The van der Waals surface area contributed by atoms with E-state index in [1.807, 2.05) is 25.7 Å². The van der Waals surface area contributed by atoms with Gasteiger partial charge in [-0.25, -0.2) is 0 Å². The molecule has 0 radical (unpaired) electrons. The predicted octanol–water partition coefficient (Wildman–Crippen LogP) is 3.78. The van der Waals surface area contributed by atoms with E-state index in [9.17, 15) is 24.5 Å². The van der Waals surface area contributed by atoms with Gasteiger partial charge >= 0.3 is 0 Å². The molecular formula is C27H38N4O5. The second kappa shape index (κ2) is 12.6. The summed E-state index contributed by atoms with van der Waals surface area (Å²) >= 11 is 0. The van der Waals surface area contributed by atoms with Gasteiger partial charge < -0.3 is 15.1 Å². The number of hydrogen-bond donors (Lipinski definition) is 1. The first-order chi connectivity index (χ1) is 17.2. The molecule has 1 heterocycles. The summed E-state index contributed by atoms with van der Waals surface area (Å²) in [6, 6.07) is 5.15. The van der Waals surface area contributed by atoms with E-state index < -0.39 is 16.9 Å². The van der Waals surface area contributed by atoms with E-state index in [0.717, 1.165) is 32.1 Å². The van der Waals surface area contributed by atoms with Crippen LogP contribution in [0.1, 0.15) is 64.9 Å². The molecule has 9 nitrogen and oxygen atoms in total. The Hall–Kier alpha value is -3.23. The highest BCUT2D eigenvalue weighted by molar-refractivity contribution is 5.95. The molecule has 3 atom stereocenters. The lowest BCUT2D eigenvalue weighted by Crippen LogP contribution is -2.60. The molecule has 2 fully saturated rings. The third-order valence-electron chi connectivity index (χ3n) is 7.48. The molecule has 0 bridgehead atoms. The lowest BCUT2D eigenvalue weighted by molar-refractivity contribution is -0.384. The van der Waals surface area contributed by atoms with E-state index in [-0.39, 0.29) is 35.4 Å². The van der Waals surface area contributed by atoms with Crippen molar-refractivity contribution in [3.8, 4) is 0 Å². The normalized spacial score (nSPS) is 20.7. The van der Waals surface area contributed by atoms with Crippen molar-refractivity contribution in [1.82, 2.24) is 15.1 Å². The van der Waals surface area contributed by atoms with E-state index in [0.29, 0.717) is 25.2 Å². The second-order valence-electron chi connectivity index (χ2n) is 10.1. The summed E-state index contributed by atoms with van der Waals surface area (Å²) in [5.41, 5.74) is 0.628. The number of nitrogens with zero attached hydrogens (tertiary/aromatic N) is 3. The number of amides is 3. The van der Waals surface area contributed by atoms with Crippen LogP contribution in [-0.2, 0) is 14.4 Å². The van der Waals surface area contributed by atoms with Crippen LogP contribution < -0.4 is 5.32 Å². The summed E-state index contributed by atoms with van der Waals surface area (Å²) in [4.78, 5) is 53.2. The largest absolute Gasteiger partial charge is 0.340 e. The standard InChI is InChI=1S/C27H38N4O5/c1-4-19(2)25(28-24(32)15-12-21-10-13-23(14-11-21)31(35)36)27(34)29-16-17-30(20(3)18-29)26(33)22-8-6-5-7-9-22/h10-15,19-20,22,25H,4-9,16-18H2,1-3H3,(H,28,32)/b15-12+/t19-,20-,25-/m0/s1. The maximum Gasteiger partial charge on any atom is 0.269 e. The average Bonchev–Trinajstić information content (AvgIpc) is 2.90. The van der Waals surface area contributed by atoms with Gasteiger partial charge in [0.1, 0.15) is 6.04 Å². The average molecular weight is 499 g/mol. The predicted molar refractivity (Wildman–Crippen MR) is 138 cm³/mol. The van der Waals surface area contributed by atoms with Gasteiger partial charge in [0.15, 0.2) is 0 Å². The first-order valence-corrected chi connectivity index (χ1v) is 13.0. The van der Waals surface area contributed by atoms with Crippen LogP contribution in [0.5, 0.6) is 0 Å². The van der Waals surface area contributed by atoms with Gasteiger partial charge in [0.2, 0.25) is 17.7 Å². The van der Waals surface area contributed by atoms with Crippen molar-refractivity contribution in [2.45, 2.75) is 71.4 Å². The summed E-state index contributed by atoms with van der Waals surface area (Å²) < 4.78 is 0. The number of piperazine rings is 1. The van der Waals surface area contributed by atoms with Crippen molar-refractivity contribution in [2.75, 3.05) is 19.6 Å². The Balaban J connectivity index is 1.60. The lowest BCUT2D eigenvalue weighted by atomic mass is 9.87. The third kappa shape index (κ3) is 6.92. The first-order valence-electron chi connectivity index (χ1n) is 13.0. The number of hydrogen-bond acceptors (Lipinski definition) is 5. The van der Waals surface area contributed by atoms with Gasteiger partial charge in [-0.15, -0.1) is 0 Å². The van der Waals surface area contributed by atoms with Crippen molar-refractivity contribution >= 4 is 29.5 Å². The Bertz CT molecular complexity index is 971. The molecule has 1 saturated carbocycles. The summed E-state index contributed by atoms with van der Waals surface area (Å²) in [6.07, 6.45) is 8.96. The maximum atomic E-state index is 13.5.